The highest BCUT2D eigenvalue weighted by atomic mass is 32.2. The highest BCUT2D eigenvalue weighted by Crippen LogP contribution is 2.45. The zero-order valence-corrected chi connectivity index (χ0v) is 21.0. The van der Waals surface area contributed by atoms with Gasteiger partial charge in [-0.3, -0.25) is 9.59 Å². The molecule has 0 aromatic heterocycles. The summed E-state index contributed by atoms with van der Waals surface area (Å²) >= 11 is 0. The molecule has 0 saturated carbocycles. The molecule has 3 aromatic carbocycles. The largest absolute Gasteiger partial charge is 0.494 e. The first-order valence-corrected chi connectivity index (χ1v) is 13.2. The average molecular weight is 490 g/mol. The number of hydrogen-bond donors (Lipinski definition) is 0. The average Bonchev–Trinajstić information content (AvgIpc) is 2.82. The smallest absolute Gasteiger partial charge is 0.258 e. The van der Waals surface area contributed by atoms with Gasteiger partial charge in [0.2, 0.25) is 9.84 Å². The normalized spacial score (nSPS) is 19.4. The lowest BCUT2D eigenvalue weighted by Gasteiger charge is -2.46. The third-order valence-electron chi connectivity index (χ3n) is 6.88. The molecular weight excluding hydrogens is 462 g/mol. The number of fused-ring (bicyclic) bond motifs is 3. The van der Waals surface area contributed by atoms with Crippen molar-refractivity contribution < 1.29 is 22.7 Å². The molecule has 0 bridgehead atoms. The quantitative estimate of drug-likeness (QED) is 0.385. The number of anilines is 1. The number of ketones is 1. The fourth-order valence-corrected chi connectivity index (χ4v) is 7.07. The number of carbonyl (C=O) groups excluding carboxylic acids is 2. The van der Waals surface area contributed by atoms with Crippen LogP contribution in [0, 0.1) is 0 Å². The minimum absolute atomic E-state index is 0.0250. The maximum absolute atomic E-state index is 13.9. The van der Waals surface area contributed by atoms with Crippen LogP contribution >= 0.6 is 0 Å². The second kappa shape index (κ2) is 8.05. The van der Waals surface area contributed by atoms with Gasteiger partial charge in [-0.1, -0.05) is 19.1 Å². The maximum Gasteiger partial charge on any atom is 0.258 e. The lowest BCUT2D eigenvalue weighted by atomic mass is 9.79. The van der Waals surface area contributed by atoms with Gasteiger partial charge in [0.25, 0.3) is 5.91 Å². The molecule has 0 N–H and O–H groups in total. The molecule has 1 atom stereocenters. The first-order valence-electron chi connectivity index (χ1n) is 11.7. The van der Waals surface area contributed by atoms with E-state index in [-0.39, 0.29) is 44.1 Å². The monoisotopic (exact) mass is 489 g/mol. The van der Waals surface area contributed by atoms with Crippen molar-refractivity contribution in [3.8, 4) is 5.75 Å². The van der Waals surface area contributed by atoms with Crippen LogP contribution in [0.25, 0.3) is 0 Å². The predicted octanol–water partition coefficient (Wildman–Crippen LogP) is 5.40. The number of ether oxygens (including phenoxy) is 1. The maximum atomic E-state index is 13.9. The molecule has 3 aromatic rings. The highest BCUT2D eigenvalue weighted by molar-refractivity contribution is 7.91. The molecule has 1 amide bonds. The van der Waals surface area contributed by atoms with Gasteiger partial charge < -0.3 is 9.64 Å². The van der Waals surface area contributed by atoms with E-state index >= 15 is 0 Å². The minimum atomic E-state index is -3.94. The van der Waals surface area contributed by atoms with E-state index in [1.54, 1.807) is 23.1 Å². The van der Waals surface area contributed by atoms with Crippen molar-refractivity contribution in [3.05, 3.63) is 82.9 Å². The van der Waals surface area contributed by atoms with Crippen molar-refractivity contribution in [2.75, 3.05) is 11.5 Å². The van der Waals surface area contributed by atoms with Gasteiger partial charge in [-0.05, 0) is 87.2 Å². The molecule has 0 aliphatic carbocycles. The Morgan fingerprint density at radius 1 is 1.03 bits per heavy atom. The summed E-state index contributed by atoms with van der Waals surface area (Å²) in [6.45, 7) is 8.62. The van der Waals surface area contributed by atoms with Crippen LogP contribution in [0.2, 0.25) is 0 Å². The fourth-order valence-electron chi connectivity index (χ4n) is 5.39. The van der Waals surface area contributed by atoms with E-state index < -0.39 is 15.4 Å². The molecule has 2 aliphatic heterocycles. The third kappa shape index (κ3) is 3.57. The first kappa shape index (κ1) is 23.3. The molecule has 0 spiro atoms. The first-order chi connectivity index (χ1) is 16.6. The molecule has 35 heavy (non-hydrogen) atoms. The van der Waals surface area contributed by atoms with Crippen LogP contribution in [-0.4, -0.2) is 32.3 Å². The van der Waals surface area contributed by atoms with Crippen molar-refractivity contribution in [1.82, 2.24) is 0 Å². The van der Waals surface area contributed by atoms with Crippen molar-refractivity contribution in [3.63, 3.8) is 0 Å². The molecule has 2 heterocycles. The zero-order chi connectivity index (χ0) is 25.1. The summed E-state index contributed by atoms with van der Waals surface area (Å²) in [6.07, 6.45) is 0.733. The molecule has 7 heteroatoms. The third-order valence-corrected chi connectivity index (χ3v) is 8.73. The Bertz CT molecular complexity index is 1490. The SMILES string of the molecule is CCOc1ccc2c(c1)[C@@H](C)CC(C)(C)N2C(=O)c1ccc2c(c1)S(=O)(=O)c1ccccc1C2=O. The number of rotatable bonds is 3. The topological polar surface area (TPSA) is 80.8 Å². The summed E-state index contributed by atoms with van der Waals surface area (Å²) in [4.78, 5) is 28.5. The van der Waals surface area contributed by atoms with Crippen LogP contribution in [-0.2, 0) is 9.84 Å². The molecule has 0 radical (unpaired) electrons. The van der Waals surface area contributed by atoms with Gasteiger partial charge >= 0.3 is 0 Å². The van der Waals surface area contributed by atoms with Crippen LogP contribution in [0.5, 0.6) is 5.75 Å². The lowest BCUT2D eigenvalue weighted by Crippen LogP contribution is -2.51. The van der Waals surface area contributed by atoms with E-state index in [9.17, 15) is 18.0 Å². The van der Waals surface area contributed by atoms with E-state index in [1.165, 1.54) is 24.3 Å². The van der Waals surface area contributed by atoms with Crippen molar-refractivity contribution in [2.24, 2.45) is 0 Å². The summed E-state index contributed by atoms with van der Waals surface area (Å²) < 4.78 is 32.4. The van der Waals surface area contributed by atoms with Crippen LogP contribution in [0.1, 0.15) is 71.9 Å². The van der Waals surface area contributed by atoms with Gasteiger partial charge in [-0.25, -0.2) is 8.42 Å². The molecular formula is C28H27NO5S. The number of sulfone groups is 1. The van der Waals surface area contributed by atoms with Crippen molar-refractivity contribution in [1.29, 1.82) is 0 Å². The fraction of sp³-hybridized carbons (Fsp3) is 0.286. The standard InChI is InChI=1S/C28H27NO5S/c1-5-34-19-11-13-23-22(15-19)17(2)16-28(3,4)29(23)27(31)18-10-12-21-25(14-18)35(32,33)24-9-7-6-8-20(24)26(21)30/h6-15,17H,5,16H2,1-4H3/t17-/m0/s1. The van der Waals surface area contributed by atoms with Gasteiger partial charge in [0.15, 0.2) is 5.78 Å². The molecule has 5 rings (SSSR count). The summed E-state index contributed by atoms with van der Waals surface area (Å²) in [5, 5.41) is 0. The summed E-state index contributed by atoms with van der Waals surface area (Å²) in [6, 6.07) is 16.3. The number of amides is 1. The number of carbonyl (C=O) groups is 2. The molecule has 180 valence electrons. The second-order valence-electron chi connectivity index (χ2n) is 9.75. The van der Waals surface area contributed by atoms with Crippen LogP contribution in [0.4, 0.5) is 5.69 Å². The Morgan fingerprint density at radius 2 is 1.74 bits per heavy atom. The Kier molecular flexibility index (Phi) is 5.36. The van der Waals surface area contributed by atoms with Crippen LogP contribution in [0.15, 0.2) is 70.5 Å². The van der Waals surface area contributed by atoms with Gasteiger partial charge in [0, 0.05) is 27.9 Å². The van der Waals surface area contributed by atoms with Crippen molar-refractivity contribution in [2.45, 2.75) is 55.4 Å². The van der Waals surface area contributed by atoms with E-state index in [0.717, 1.165) is 23.4 Å². The van der Waals surface area contributed by atoms with Gasteiger partial charge in [-0.15, -0.1) is 0 Å². The zero-order valence-electron chi connectivity index (χ0n) is 20.2. The van der Waals surface area contributed by atoms with Crippen LogP contribution in [0.3, 0.4) is 0 Å². The summed E-state index contributed by atoms with van der Waals surface area (Å²) in [5.41, 5.74) is 1.76. The second-order valence-corrected chi connectivity index (χ2v) is 11.6. The number of nitrogens with zero attached hydrogens (tertiary/aromatic N) is 1. The van der Waals surface area contributed by atoms with E-state index in [0.29, 0.717) is 6.61 Å². The van der Waals surface area contributed by atoms with Crippen LogP contribution < -0.4 is 9.64 Å². The Labute approximate surface area is 205 Å². The van der Waals surface area contributed by atoms with Gasteiger partial charge in [-0.2, -0.15) is 0 Å². The number of benzene rings is 3. The molecule has 0 fully saturated rings. The predicted molar refractivity (Wildman–Crippen MR) is 133 cm³/mol. The highest BCUT2D eigenvalue weighted by Gasteiger charge is 2.41. The lowest BCUT2D eigenvalue weighted by molar-refractivity contribution is 0.0951. The Balaban J connectivity index is 1.62. The molecule has 0 saturated heterocycles. The Hall–Kier alpha value is -3.45. The Morgan fingerprint density at radius 3 is 2.49 bits per heavy atom. The van der Waals surface area contributed by atoms with E-state index in [2.05, 4.69) is 6.92 Å². The van der Waals surface area contributed by atoms with E-state index in [1.807, 2.05) is 39.0 Å². The molecule has 0 unspecified atom stereocenters. The molecule has 6 nitrogen and oxygen atoms in total. The van der Waals surface area contributed by atoms with Gasteiger partial charge in [0.1, 0.15) is 5.75 Å². The van der Waals surface area contributed by atoms with Crippen molar-refractivity contribution >= 4 is 27.2 Å². The molecule has 2 aliphatic rings. The summed E-state index contributed by atoms with van der Waals surface area (Å²) in [7, 11) is -3.94. The van der Waals surface area contributed by atoms with Gasteiger partial charge in [0.05, 0.1) is 16.4 Å². The number of hydrogen-bond acceptors (Lipinski definition) is 5. The van der Waals surface area contributed by atoms with E-state index in [4.69, 9.17) is 4.74 Å². The minimum Gasteiger partial charge on any atom is -0.494 e. The summed E-state index contributed by atoms with van der Waals surface area (Å²) in [5.74, 6) is 0.298.